The first-order valence-corrected chi connectivity index (χ1v) is 5.98. The predicted molar refractivity (Wildman–Crippen MR) is 69.0 cm³/mol. The van der Waals surface area contributed by atoms with Crippen LogP contribution in [0.2, 0.25) is 5.02 Å². The molecule has 1 atom stereocenters. The Labute approximate surface area is 110 Å². The second-order valence-corrected chi connectivity index (χ2v) is 4.60. The van der Waals surface area contributed by atoms with E-state index >= 15 is 0 Å². The molecule has 2 aromatic rings. The van der Waals surface area contributed by atoms with E-state index in [9.17, 15) is 9.50 Å². The van der Waals surface area contributed by atoms with E-state index in [-0.39, 0.29) is 12.2 Å². The fraction of sp³-hybridized carbons (Fsp3) is 0.214. The summed E-state index contributed by atoms with van der Waals surface area (Å²) in [6.07, 6.45) is 2.87. The predicted octanol–water partition coefficient (Wildman–Crippen LogP) is 3.46. The molecule has 0 aliphatic carbocycles. The van der Waals surface area contributed by atoms with Gasteiger partial charge < -0.3 is 5.11 Å². The van der Waals surface area contributed by atoms with E-state index in [1.807, 2.05) is 6.92 Å². The number of pyridine rings is 1. The summed E-state index contributed by atoms with van der Waals surface area (Å²) >= 11 is 5.98. The van der Waals surface area contributed by atoms with Gasteiger partial charge in [0.2, 0.25) is 0 Å². The van der Waals surface area contributed by atoms with Crippen molar-refractivity contribution >= 4 is 11.6 Å². The Kier molecular flexibility index (Phi) is 3.94. The summed E-state index contributed by atoms with van der Waals surface area (Å²) < 4.78 is 13.1. The van der Waals surface area contributed by atoms with Gasteiger partial charge in [0.15, 0.2) is 0 Å². The lowest BCUT2D eigenvalue weighted by Gasteiger charge is -2.14. The van der Waals surface area contributed by atoms with E-state index in [0.717, 1.165) is 11.1 Å². The minimum Gasteiger partial charge on any atom is -0.388 e. The van der Waals surface area contributed by atoms with E-state index < -0.39 is 6.10 Å². The lowest BCUT2D eigenvalue weighted by Crippen LogP contribution is -2.05. The molecule has 18 heavy (non-hydrogen) atoms. The third-order valence-electron chi connectivity index (χ3n) is 2.84. The molecule has 0 saturated carbocycles. The number of aliphatic hydroxyl groups is 1. The van der Waals surface area contributed by atoms with Crippen LogP contribution in [0.1, 0.15) is 22.8 Å². The van der Waals surface area contributed by atoms with Crippen molar-refractivity contribution < 1.29 is 9.50 Å². The van der Waals surface area contributed by atoms with Crippen LogP contribution in [-0.2, 0) is 6.42 Å². The van der Waals surface area contributed by atoms with E-state index in [2.05, 4.69) is 4.98 Å². The summed E-state index contributed by atoms with van der Waals surface area (Å²) in [5.74, 6) is -0.354. The Balaban J connectivity index is 2.24. The van der Waals surface area contributed by atoms with Crippen molar-refractivity contribution in [3.63, 3.8) is 0 Å². The quantitative estimate of drug-likeness (QED) is 0.922. The Hall–Kier alpha value is -1.45. The summed E-state index contributed by atoms with van der Waals surface area (Å²) in [7, 11) is 0. The van der Waals surface area contributed by atoms with E-state index in [1.165, 1.54) is 18.2 Å². The van der Waals surface area contributed by atoms with Crippen molar-refractivity contribution in [2.24, 2.45) is 0 Å². The first kappa shape index (κ1) is 13.0. The molecule has 0 fully saturated rings. The van der Waals surface area contributed by atoms with Crippen LogP contribution in [0.3, 0.4) is 0 Å². The SMILES string of the molecule is Cc1cnccc1C(O)Cc1cc(F)ccc1Cl. The summed E-state index contributed by atoms with van der Waals surface area (Å²) in [6.45, 7) is 1.87. The van der Waals surface area contributed by atoms with Gasteiger partial charge in [-0.15, -0.1) is 0 Å². The van der Waals surface area contributed by atoms with E-state index in [4.69, 9.17) is 11.6 Å². The molecule has 1 aromatic heterocycles. The Morgan fingerprint density at radius 2 is 2.17 bits per heavy atom. The molecular formula is C14H13ClFNO. The third-order valence-corrected chi connectivity index (χ3v) is 3.21. The van der Waals surface area contributed by atoms with Gasteiger partial charge in [0, 0.05) is 23.8 Å². The van der Waals surface area contributed by atoms with Crippen LogP contribution in [0.25, 0.3) is 0 Å². The fourth-order valence-electron chi connectivity index (χ4n) is 1.88. The molecular weight excluding hydrogens is 253 g/mol. The van der Waals surface area contributed by atoms with Crippen molar-refractivity contribution in [1.82, 2.24) is 4.98 Å². The maximum absolute atomic E-state index is 13.1. The highest BCUT2D eigenvalue weighted by atomic mass is 35.5. The van der Waals surface area contributed by atoms with Gasteiger partial charge in [-0.2, -0.15) is 0 Å². The van der Waals surface area contributed by atoms with Crippen molar-refractivity contribution in [3.05, 3.63) is 64.2 Å². The number of aryl methyl sites for hydroxylation is 1. The molecule has 0 aliphatic heterocycles. The number of benzene rings is 1. The molecule has 2 rings (SSSR count). The molecule has 1 heterocycles. The third kappa shape index (κ3) is 2.86. The largest absolute Gasteiger partial charge is 0.388 e. The lowest BCUT2D eigenvalue weighted by atomic mass is 9.99. The summed E-state index contributed by atoms with van der Waals surface area (Å²) in [4.78, 5) is 3.97. The lowest BCUT2D eigenvalue weighted by molar-refractivity contribution is 0.177. The fourth-order valence-corrected chi connectivity index (χ4v) is 2.07. The number of hydrogen-bond donors (Lipinski definition) is 1. The molecule has 2 nitrogen and oxygen atoms in total. The van der Waals surface area contributed by atoms with Crippen LogP contribution >= 0.6 is 11.6 Å². The number of aromatic nitrogens is 1. The monoisotopic (exact) mass is 265 g/mol. The molecule has 0 amide bonds. The number of halogens is 2. The van der Waals surface area contributed by atoms with E-state index in [0.29, 0.717) is 10.6 Å². The zero-order valence-electron chi connectivity index (χ0n) is 9.90. The summed E-state index contributed by atoms with van der Waals surface area (Å²) in [5.41, 5.74) is 2.28. The van der Waals surface area contributed by atoms with Gasteiger partial charge in [-0.3, -0.25) is 4.98 Å². The van der Waals surface area contributed by atoms with Crippen molar-refractivity contribution in [2.75, 3.05) is 0 Å². The average molecular weight is 266 g/mol. The summed E-state index contributed by atoms with van der Waals surface area (Å²) in [6, 6.07) is 5.91. The van der Waals surface area contributed by atoms with Gasteiger partial charge in [0.1, 0.15) is 5.82 Å². The van der Waals surface area contributed by atoms with Crippen LogP contribution in [0.15, 0.2) is 36.7 Å². The molecule has 0 bridgehead atoms. The van der Waals surface area contributed by atoms with Crippen LogP contribution in [0.5, 0.6) is 0 Å². The van der Waals surface area contributed by atoms with Gasteiger partial charge in [0.25, 0.3) is 0 Å². The first-order chi connectivity index (χ1) is 8.58. The maximum atomic E-state index is 13.1. The minimum absolute atomic E-state index is 0.279. The zero-order valence-corrected chi connectivity index (χ0v) is 10.7. The Morgan fingerprint density at radius 3 is 2.89 bits per heavy atom. The molecule has 94 valence electrons. The number of hydrogen-bond acceptors (Lipinski definition) is 2. The highest BCUT2D eigenvalue weighted by molar-refractivity contribution is 6.31. The second kappa shape index (κ2) is 5.46. The van der Waals surface area contributed by atoms with Crippen LogP contribution in [0.4, 0.5) is 4.39 Å². The van der Waals surface area contributed by atoms with Crippen molar-refractivity contribution in [1.29, 1.82) is 0 Å². The number of rotatable bonds is 3. The van der Waals surface area contributed by atoms with Crippen LogP contribution in [0, 0.1) is 12.7 Å². The number of nitrogens with zero attached hydrogens (tertiary/aromatic N) is 1. The molecule has 0 spiro atoms. The molecule has 0 radical (unpaired) electrons. The summed E-state index contributed by atoms with van der Waals surface area (Å²) in [5, 5.41) is 10.6. The average Bonchev–Trinajstić information content (AvgIpc) is 2.34. The van der Waals surface area contributed by atoms with Crippen molar-refractivity contribution in [2.45, 2.75) is 19.4 Å². The van der Waals surface area contributed by atoms with Crippen molar-refractivity contribution in [3.8, 4) is 0 Å². The Morgan fingerprint density at radius 1 is 1.39 bits per heavy atom. The molecule has 0 saturated heterocycles. The second-order valence-electron chi connectivity index (χ2n) is 4.19. The standard InChI is InChI=1S/C14H13ClFNO/c1-9-8-17-5-4-12(9)14(18)7-10-6-11(16)2-3-13(10)15/h2-6,8,14,18H,7H2,1H3. The smallest absolute Gasteiger partial charge is 0.123 e. The minimum atomic E-state index is -0.715. The topological polar surface area (TPSA) is 33.1 Å². The molecule has 1 N–H and O–H groups in total. The molecule has 1 unspecified atom stereocenters. The van der Waals surface area contributed by atoms with Crippen LogP contribution < -0.4 is 0 Å². The van der Waals surface area contributed by atoms with Gasteiger partial charge in [-0.1, -0.05) is 11.6 Å². The molecule has 1 aromatic carbocycles. The zero-order chi connectivity index (χ0) is 13.1. The maximum Gasteiger partial charge on any atom is 0.123 e. The van der Waals surface area contributed by atoms with Crippen LogP contribution in [-0.4, -0.2) is 10.1 Å². The van der Waals surface area contributed by atoms with Gasteiger partial charge in [-0.25, -0.2) is 4.39 Å². The molecule has 0 aliphatic rings. The molecule has 4 heteroatoms. The van der Waals surface area contributed by atoms with E-state index in [1.54, 1.807) is 18.5 Å². The first-order valence-electron chi connectivity index (χ1n) is 5.60. The Bertz CT molecular complexity index is 559. The highest BCUT2D eigenvalue weighted by Gasteiger charge is 2.13. The highest BCUT2D eigenvalue weighted by Crippen LogP contribution is 2.25. The van der Waals surface area contributed by atoms with Gasteiger partial charge in [0.05, 0.1) is 6.10 Å². The normalized spacial score (nSPS) is 12.4. The van der Waals surface area contributed by atoms with Gasteiger partial charge in [-0.05, 0) is 47.9 Å². The number of aliphatic hydroxyl groups excluding tert-OH is 1. The van der Waals surface area contributed by atoms with Gasteiger partial charge >= 0.3 is 0 Å².